The van der Waals surface area contributed by atoms with Gasteiger partial charge in [0, 0.05) is 0 Å². The Hall–Kier alpha value is -3.62. The molecule has 168 valence electrons. The summed E-state index contributed by atoms with van der Waals surface area (Å²) < 4.78 is 5.14. The Labute approximate surface area is 195 Å². The van der Waals surface area contributed by atoms with Crippen LogP contribution < -0.4 is 26.0 Å². The first-order valence-corrected chi connectivity index (χ1v) is 13.2. The molecule has 4 rings (SSSR count). The third kappa shape index (κ3) is 4.76. The Kier molecular flexibility index (Phi) is 7.07. The third-order valence-corrected chi connectivity index (χ3v) is 11.0. The van der Waals surface area contributed by atoms with Gasteiger partial charge >= 0.3 is 195 Å². The number of benzene rings is 4. The second-order valence-corrected chi connectivity index (χ2v) is 11.9. The molecular weight excluding hydrogens is 429 g/mol. The third-order valence-electron chi connectivity index (χ3n) is 6.03. The molecule has 0 aliphatic rings. The summed E-state index contributed by atoms with van der Waals surface area (Å²) in [7, 11) is -0.929. The van der Waals surface area contributed by atoms with Gasteiger partial charge in [-0.05, 0) is 0 Å². The van der Waals surface area contributed by atoms with E-state index >= 15 is 0 Å². The molecule has 0 radical (unpaired) electrons. The fraction of sp³-hybridized carbons (Fsp3) is 0.107. The summed E-state index contributed by atoms with van der Waals surface area (Å²) in [4.78, 5) is 12.9. The standard InChI is InChI=1S/C28H28NO3P/c1-32-27-21-22(17-18-26(27)30)28(31)29-19-20-33(23-11-5-2-6-12-23,24-13-7-3-8-14-24)25-15-9-4-10-16-25/h2-18,21,30,33H,19-20H2,1H3,(H,29,31). The van der Waals surface area contributed by atoms with Gasteiger partial charge in [0.05, 0.1) is 0 Å². The van der Waals surface area contributed by atoms with E-state index in [-0.39, 0.29) is 17.4 Å². The predicted molar refractivity (Wildman–Crippen MR) is 138 cm³/mol. The summed E-state index contributed by atoms with van der Waals surface area (Å²) in [6, 6.07) is 36.5. The number of methoxy groups -OCH3 is 1. The molecule has 5 heteroatoms. The number of hydrogen-bond acceptors (Lipinski definition) is 3. The second-order valence-electron chi connectivity index (χ2n) is 7.90. The van der Waals surface area contributed by atoms with Crippen LogP contribution in [0.25, 0.3) is 0 Å². The second kappa shape index (κ2) is 10.3. The van der Waals surface area contributed by atoms with Crippen LogP contribution >= 0.6 is 7.26 Å². The van der Waals surface area contributed by atoms with Crippen LogP contribution in [0, 0.1) is 0 Å². The van der Waals surface area contributed by atoms with Crippen molar-refractivity contribution in [3.05, 3.63) is 115 Å². The molecule has 0 aliphatic heterocycles. The van der Waals surface area contributed by atoms with E-state index in [0.717, 1.165) is 6.16 Å². The zero-order valence-electron chi connectivity index (χ0n) is 18.6. The number of amides is 1. The van der Waals surface area contributed by atoms with Crippen molar-refractivity contribution in [3.63, 3.8) is 0 Å². The Bertz CT molecular complexity index is 1100. The molecule has 0 aliphatic carbocycles. The van der Waals surface area contributed by atoms with Crippen molar-refractivity contribution in [2.24, 2.45) is 0 Å². The van der Waals surface area contributed by atoms with Gasteiger partial charge in [-0.15, -0.1) is 0 Å². The minimum atomic E-state index is -2.40. The van der Waals surface area contributed by atoms with E-state index in [4.69, 9.17) is 4.74 Å². The molecule has 0 fully saturated rings. The minimum absolute atomic E-state index is 0.0118. The number of ether oxygens (including phenoxy) is 1. The molecule has 4 aromatic carbocycles. The Morgan fingerprint density at radius 3 is 1.73 bits per heavy atom. The number of phenolic OH excluding ortho intramolecular Hbond substituents is 1. The fourth-order valence-electron chi connectivity index (χ4n) is 4.39. The molecule has 0 bridgehead atoms. The molecule has 2 N–H and O–H groups in total. The van der Waals surface area contributed by atoms with Crippen molar-refractivity contribution in [2.75, 3.05) is 19.8 Å². The van der Waals surface area contributed by atoms with Crippen molar-refractivity contribution in [1.29, 1.82) is 0 Å². The normalized spacial score (nSPS) is 11.5. The first-order valence-electron chi connectivity index (χ1n) is 11.0. The molecule has 0 unspecified atom stereocenters. The van der Waals surface area contributed by atoms with Gasteiger partial charge in [0.15, 0.2) is 0 Å². The average Bonchev–Trinajstić information content (AvgIpc) is 2.88. The van der Waals surface area contributed by atoms with Crippen LogP contribution in [0.3, 0.4) is 0 Å². The molecule has 4 nitrogen and oxygen atoms in total. The summed E-state index contributed by atoms with van der Waals surface area (Å²) in [5, 5.41) is 16.8. The molecule has 33 heavy (non-hydrogen) atoms. The molecule has 0 atom stereocenters. The van der Waals surface area contributed by atoms with Crippen LogP contribution in [0.1, 0.15) is 10.4 Å². The van der Waals surface area contributed by atoms with Crippen LogP contribution in [0.2, 0.25) is 0 Å². The number of nitrogens with one attached hydrogen (secondary N) is 1. The number of rotatable bonds is 8. The summed E-state index contributed by atoms with van der Waals surface area (Å²) in [5.74, 6) is 0.104. The summed E-state index contributed by atoms with van der Waals surface area (Å²) in [6.45, 7) is 0.521. The SMILES string of the molecule is COc1cc(C(=O)NCC[PH](c2ccccc2)(c2ccccc2)c2ccccc2)ccc1O. The molecule has 0 aromatic heterocycles. The van der Waals surface area contributed by atoms with Crippen LogP contribution in [-0.4, -0.2) is 30.8 Å². The van der Waals surface area contributed by atoms with E-state index in [1.165, 1.54) is 29.1 Å². The first kappa shape index (κ1) is 22.6. The quantitative estimate of drug-likeness (QED) is 0.395. The molecule has 0 saturated heterocycles. The van der Waals surface area contributed by atoms with E-state index in [1.54, 1.807) is 12.1 Å². The van der Waals surface area contributed by atoms with E-state index in [2.05, 4.69) is 78.1 Å². The number of carbonyl (C=O) groups excluding carboxylic acids is 1. The fourth-order valence-corrected chi connectivity index (χ4v) is 9.04. The Balaban J connectivity index is 1.68. The maximum absolute atomic E-state index is 12.9. The maximum atomic E-state index is 12.9. The van der Waals surface area contributed by atoms with E-state index in [0.29, 0.717) is 12.1 Å². The van der Waals surface area contributed by atoms with Gasteiger partial charge in [-0.2, -0.15) is 0 Å². The monoisotopic (exact) mass is 457 g/mol. The van der Waals surface area contributed by atoms with Gasteiger partial charge in [-0.3, -0.25) is 0 Å². The zero-order chi connectivity index (χ0) is 23.1. The van der Waals surface area contributed by atoms with Crippen molar-refractivity contribution in [3.8, 4) is 11.5 Å². The topological polar surface area (TPSA) is 58.6 Å². The molecule has 0 spiro atoms. The number of carbonyl (C=O) groups is 1. The summed E-state index contributed by atoms with van der Waals surface area (Å²) in [5.41, 5.74) is 0.455. The van der Waals surface area contributed by atoms with Crippen LogP contribution in [0.4, 0.5) is 0 Å². The van der Waals surface area contributed by atoms with Gasteiger partial charge in [0.2, 0.25) is 0 Å². The van der Waals surface area contributed by atoms with Gasteiger partial charge in [-0.25, -0.2) is 0 Å². The summed E-state index contributed by atoms with van der Waals surface area (Å²) in [6.07, 6.45) is 0.812. The predicted octanol–water partition coefficient (Wildman–Crippen LogP) is 3.86. The van der Waals surface area contributed by atoms with Gasteiger partial charge in [0.1, 0.15) is 0 Å². The number of phenols is 1. The molecule has 0 saturated carbocycles. The molecule has 0 heterocycles. The number of hydrogen-bond donors (Lipinski definition) is 2. The Morgan fingerprint density at radius 2 is 1.27 bits per heavy atom. The van der Waals surface area contributed by atoms with Gasteiger partial charge in [-0.1, -0.05) is 0 Å². The van der Waals surface area contributed by atoms with E-state index < -0.39 is 7.26 Å². The average molecular weight is 458 g/mol. The summed E-state index contributed by atoms with van der Waals surface area (Å²) >= 11 is 0. The molecular formula is C28H28NO3P. The molecule has 4 aromatic rings. The van der Waals surface area contributed by atoms with Gasteiger partial charge < -0.3 is 0 Å². The molecule has 1 amide bonds. The van der Waals surface area contributed by atoms with Crippen LogP contribution in [0.15, 0.2) is 109 Å². The van der Waals surface area contributed by atoms with Crippen molar-refractivity contribution in [1.82, 2.24) is 5.32 Å². The van der Waals surface area contributed by atoms with Crippen LogP contribution in [-0.2, 0) is 0 Å². The van der Waals surface area contributed by atoms with Crippen molar-refractivity contribution >= 4 is 29.1 Å². The Morgan fingerprint density at radius 1 is 0.788 bits per heavy atom. The number of aromatic hydroxyl groups is 1. The first-order chi connectivity index (χ1) is 16.1. The zero-order valence-corrected chi connectivity index (χ0v) is 19.6. The van der Waals surface area contributed by atoms with E-state index in [1.807, 2.05) is 18.2 Å². The van der Waals surface area contributed by atoms with Crippen LogP contribution in [0.5, 0.6) is 11.5 Å². The van der Waals surface area contributed by atoms with Gasteiger partial charge in [0.25, 0.3) is 0 Å². The van der Waals surface area contributed by atoms with Crippen molar-refractivity contribution < 1.29 is 14.6 Å². The van der Waals surface area contributed by atoms with Crippen molar-refractivity contribution in [2.45, 2.75) is 0 Å². The van der Waals surface area contributed by atoms with E-state index in [9.17, 15) is 9.90 Å².